The fourth-order valence-electron chi connectivity index (χ4n) is 1.62. The van der Waals surface area contributed by atoms with Crippen molar-refractivity contribution in [1.29, 1.82) is 0 Å². The molecule has 0 saturated carbocycles. The van der Waals surface area contributed by atoms with E-state index in [0.717, 1.165) is 5.56 Å². The Morgan fingerprint density at radius 3 is 2.56 bits per heavy atom. The van der Waals surface area contributed by atoms with Crippen LogP contribution in [0.4, 0.5) is 0 Å². The molecule has 1 rings (SSSR count). The zero-order chi connectivity index (χ0) is 13.8. The van der Waals surface area contributed by atoms with Crippen LogP contribution in [0.15, 0.2) is 29.2 Å². The van der Waals surface area contributed by atoms with Crippen LogP contribution < -0.4 is 0 Å². The molecule has 1 atom stereocenters. The Hall–Kier alpha value is -0.620. The Balaban J connectivity index is 2.90. The highest BCUT2D eigenvalue weighted by Crippen LogP contribution is 2.19. The van der Waals surface area contributed by atoms with Gasteiger partial charge < -0.3 is 4.74 Å². The Morgan fingerprint density at radius 1 is 1.39 bits per heavy atom. The molecule has 18 heavy (non-hydrogen) atoms. The number of ether oxygens (including phenoxy) is 1. The third-order valence-electron chi connectivity index (χ3n) is 2.58. The van der Waals surface area contributed by atoms with Crippen LogP contribution in [0.3, 0.4) is 0 Å². The van der Waals surface area contributed by atoms with Gasteiger partial charge in [-0.25, -0.2) is 8.42 Å². The fourth-order valence-corrected chi connectivity index (χ4v) is 3.48. The zero-order valence-electron chi connectivity index (χ0n) is 10.8. The average molecular weight is 292 g/mol. The Kier molecular flexibility index (Phi) is 5.59. The molecule has 0 aliphatic rings. The van der Waals surface area contributed by atoms with Gasteiger partial charge in [-0.3, -0.25) is 0 Å². The zero-order valence-corrected chi connectivity index (χ0v) is 12.3. The van der Waals surface area contributed by atoms with Crippen molar-refractivity contribution in [2.75, 3.05) is 27.3 Å². The van der Waals surface area contributed by atoms with Crippen LogP contribution in [-0.4, -0.2) is 45.4 Å². The molecule has 0 saturated heterocycles. The molecule has 1 aromatic carbocycles. The molecule has 4 nitrogen and oxygen atoms in total. The Bertz CT molecular complexity index is 490. The summed E-state index contributed by atoms with van der Waals surface area (Å²) in [6.45, 7) is 2.30. The molecule has 0 radical (unpaired) electrons. The molecule has 0 fully saturated rings. The summed E-state index contributed by atoms with van der Waals surface area (Å²) in [5.74, 6) is 0. The molecule has 0 spiro atoms. The van der Waals surface area contributed by atoms with E-state index in [1.165, 1.54) is 18.5 Å². The van der Waals surface area contributed by atoms with Gasteiger partial charge in [0, 0.05) is 20.7 Å². The molecule has 0 aromatic heterocycles. The lowest BCUT2D eigenvalue weighted by molar-refractivity contribution is 0.192. The summed E-state index contributed by atoms with van der Waals surface area (Å²) < 4.78 is 30.8. The minimum absolute atomic E-state index is 0.214. The lowest BCUT2D eigenvalue weighted by Crippen LogP contribution is -2.34. The molecule has 1 aromatic rings. The van der Waals surface area contributed by atoms with Crippen molar-refractivity contribution in [1.82, 2.24) is 4.31 Å². The van der Waals surface area contributed by atoms with Gasteiger partial charge in [-0.1, -0.05) is 18.2 Å². The first-order valence-electron chi connectivity index (χ1n) is 5.54. The first-order chi connectivity index (χ1) is 8.39. The van der Waals surface area contributed by atoms with Crippen molar-refractivity contribution >= 4 is 21.6 Å². The van der Waals surface area contributed by atoms with Crippen molar-refractivity contribution in [2.45, 2.75) is 17.2 Å². The molecule has 0 aliphatic carbocycles. The number of rotatable bonds is 6. The molecular weight excluding hydrogens is 274 g/mol. The molecule has 0 heterocycles. The predicted molar refractivity (Wildman–Crippen MR) is 72.5 cm³/mol. The van der Waals surface area contributed by atoms with Crippen LogP contribution in [0.1, 0.15) is 5.56 Å². The topological polar surface area (TPSA) is 46.6 Å². The summed E-state index contributed by atoms with van der Waals surface area (Å²) in [6, 6.07) is 6.89. The number of hydrogen-bond donors (Lipinski definition) is 0. The normalized spacial score (nSPS) is 13.8. The largest absolute Gasteiger partial charge is 0.383 e. The fraction of sp³-hybridized carbons (Fsp3) is 0.500. The summed E-state index contributed by atoms with van der Waals surface area (Å²) in [5.41, 5.74) is 0.724. The SMILES string of the molecule is COCC(Cl)CN(C)S(=O)(=O)c1ccccc1C. The van der Waals surface area contributed by atoms with Crippen LogP contribution in [-0.2, 0) is 14.8 Å². The van der Waals surface area contributed by atoms with E-state index in [1.807, 2.05) is 6.07 Å². The van der Waals surface area contributed by atoms with Crippen LogP contribution >= 0.6 is 11.6 Å². The second-order valence-electron chi connectivity index (χ2n) is 4.10. The maximum Gasteiger partial charge on any atom is 0.243 e. The highest BCUT2D eigenvalue weighted by Gasteiger charge is 2.24. The van der Waals surface area contributed by atoms with Gasteiger partial charge in [0.2, 0.25) is 10.0 Å². The standard InChI is InChI=1S/C12H18ClNO3S/c1-10-6-4-5-7-12(10)18(15,16)14(2)8-11(13)9-17-3/h4-7,11H,8-9H2,1-3H3. The van der Waals surface area contributed by atoms with Crippen LogP contribution in [0.25, 0.3) is 0 Å². The molecular formula is C12H18ClNO3S. The summed E-state index contributed by atoms with van der Waals surface area (Å²) >= 11 is 5.98. The first-order valence-corrected chi connectivity index (χ1v) is 7.42. The van der Waals surface area contributed by atoms with Crippen molar-refractivity contribution in [2.24, 2.45) is 0 Å². The highest BCUT2D eigenvalue weighted by atomic mass is 35.5. The summed E-state index contributed by atoms with van der Waals surface area (Å²) in [4.78, 5) is 0.314. The third-order valence-corrected chi connectivity index (χ3v) is 4.83. The number of halogens is 1. The van der Waals surface area contributed by atoms with Gasteiger partial charge in [-0.15, -0.1) is 11.6 Å². The number of nitrogens with zero attached hydrogens (tertiary/aromatic N) is 1. The molecule has 6 heteroatoms. The first kappa shape index (κ1) is 15.4. The predicted octanol–water partition coefficient (Wildman–Crippen LogP) is 1.87. The van der Waals surface area contributed by atoms with Gasteiger partial charge in [-0.05, 0) is 18.6 Å². The molecule has 0 amide bonds. The van der Waals surface area contributed by atoms with Crippen molar-refractivity contribution < 1.29 is 13.2 Å². The molecule has 0 bridgehead atoms. The van der Waals surface area contributed by atoms with Crippen LogP contribution in [0.5, 0.6) is 0 Å². The van der Waals surface area contributed by atoms with Crippen molar-refractivity contribution in [3.05, 3.63) is 29.8 Å². The Morgan fingerprint density at radius 2 is 2.00 bits per heavy atom. The van der Waals surface area contributed by atoms with E-state index in [4.69, 9.17) is 16.3 Å². The minimum atomic E-state index is -3.49. The summed E-state index contributed by atoms with van der Waals surface area (Å²) in [6.07, 6.45) is 0. The summed E-state index contributed by atoms with van der Waals surface area (Å²) in [5, 5.41) is -0.362. The maximum atomic E-state index is 12.3. The van der Waals surface area contributed by atoms with Gasteiger partial charge in [0.05, 0.1) is 16.9 Å². The van der Waals surface area contributed by atoms with E-state index < -0.39 is 10.0 Å². The van der Waals surface area contributed by atoms with Crippen molar-refractivity contribution in [3.8, 4) is 0 Å². The number of hydrogen-bond acceptors (Lipinski definition) is 3. The molecule has 102 valence electrons. The monoisotopic (exact) mass is 291 g/mol. The average Bonchev–Trinajstić information content (AvgIpc) is 2.29. The van der Waals surface area contributed by atoms with Gasteiger partial charge in [0.1, 0.15) is 0 Å². The second kappa shape index (κ2) is 6.52. The van der Waals surface area contributed by atoms with Gasteiger partial charge in [0.15, 0.2) is 0 Å². The third kappa shape index (κ3) is 3.68. The van der Waals surface area contributed by atoms with E-state index in [-0.39, 0.29) is 11.9 Å². The number of aryl methyl sites for hydroxylation is 1. The number of alkyl halides is 1. The quantitative estimate of drug-likeness (QED) is 0.752. The van der Waals surface area contributed by atoms with Crippen molar-refractivity contribution in [3.63, 3.8) is 0 Å². The summed E-state index contributed by atoms with van der Waals surface area (Å²) in [7, 11) is -0.436. The van der Waals surface area contributed by atoms with E-state index >= 15 is 0 Å². The molecule has 0 aliphatic heterocycles. The van der Waals surface area contributed by atoms with E-state index in [1.54, 1.807) is 25.1 Å². The number of sulfonamides is 1. The highest BCUT2D eigenvalue weighted by molar-refractivity contribution is 7.89. The van der Waals surface area contributed by atoms with E-state index in [0.29, 0.717) is 11.5 Å². The maximum absolute atomic E-state index is 12.3. The van der Waals surface area contributed by atoms with Gasteiger partial charge in [0.25, 0.3) is 0 Å². The minimum Gasteiger partial charge on any atom is -0.383 e. The van der Waals surface area contributed by atoms with E-state index in [9.17, 15) is 8.42 Å². The van der Waals surface area contributed by atoms with Gasteiger partial charge in [-0.2, -0.15) is 4.31 Å². The van der Waals surface area contributed by atoms with Gasteiger partial charge >= 0.3 is 0 Å². The lowest BCUT2D eigenvalue weighted by Gasteiger charge is -2.20. The smallest absolute Gasteiger partial charge is 0.243 e. The number of methoxy groups -OCH3 is 1. The molecule has 0 N–H and O–H groups in total. The van der Waals surface area contributed by atoms with Crippen LogP contribution in [0, 0.1) is 6.92 Å². The van der Waals surface area contributed by atoms with Crippen LogP contribution in [0.2, 0.25) is 0 Å². The second-order valence-corrected chi connectivity index (χ2v) is 6.73. The lowest BCUT2D eigenvalue weighted by atomic mass is 10.2. The van der Waals surface area contributed by atoms with E-state index in [2.05, 4.69) is 0 Å². The Labute approximate surface area is 114 Å². The molecule has 1 unspecified atom stereocenters. The number of benzene rings is 1.